The van der Waals surface area contributed by atoms with Crippen LogP contribution in [0.2, 0.25) is 0 Å². The fourth-order valence-corrected chi connectivity index (χ4v) is 3.21. The molecule has 4 rings (SSSR count). The average Bonchev–Trinajstić information content (AvgIpc) is 3.14. The molecule has 7 heteroatoms. The van der Waals surface area contributed by atoms with Gasteiger partial charge in [0.25, 0.3) is 0 Å². The monoisotopic (exact) mass is 441 g/mol. The third-order valence-electron chi connectivity index (χ3n) is 4.68. The number of hydrogen-bond acceptors (Lipinski definition) is 4. The highest BCUT2D eigenvalue weighted by atomic mass is 32.1. The Kier molecular flexibility index (Phi) is 6.89. The summed E-state index contributed by atoms with van der Waals surface area (Å²) < 4.78 is 7.99. The molecule has 0 unspecified atom stereocenters. The summed E-state index contributed by atoms with van der Waals surface area (Å²) in [7, 11) is 0. The van der Waals surface area contributed by atoms with Crippen molar-refractivity contribution in [1.82, 2.24) is 20.5 Å². The lowest BCUT2D eigenvalue weighted by Crippen LogP contribution is -2.31. The Morgan fingerprint density at radius 3 is 2.28 bits per heavy atom. The van der Waals surface area contributed by atoms with E-state index in [1.54, 1.807) is 10.9 Å². The maximum absolute atomic E-state index is 6.21. The first-order chi connectivity index (χ1) is 15.7. The second-order valence-electron chi connectivity index (χ2n) is 7.00. The van der Waals surface area contributed by atoms with Crippen LogP contribution in [0.25, 0.3) is 5.69 Å². The fraction of sp³-hybridized carbons (Fsp3) is 0.0800. The highest BCUT2D eigenvalue weighted by Gasteiger charge is 2.17. The van der Waals surface area contributed by atoms with E-state index < -0.39 is 0 Å². The molecule has 0 saturated heterocycles. The van der Waals surface area contributed by atoms with Crippen LogP contribution in [0.1, 0.15) is 16.8 Å². The Labute approximate surface area is 192 Å². The molecule has 0 atom stereocenters. The van der Waals surface area contributed by atoms with Crippen LogP contribution in [-0.2, 0) is 6.54 Å². The molecule has 1 aromatic heterocycles. The van der Waals surface area contributed by atoms with E-state index in [2.05, 4.69) is 20.9 Å². The molecular weight excluding hydrogens is 418 g/mol. The van der Waals surface area contributed by atoms with Gasteiger partial charge in [0.15, 0.2) is 5.11 Å². The predicted octanol–water partition coefficient (Wildman–Crippen LogP) is 4.97. The van der Waals surface area contributed by atoms with Crippen LogP contribution in [0.4, 0.5) is 0 Å². The van der Waals surface area contributed by atoms with Crippen molar-refractivity contribution >= 4 is 23.5 Å². The normalized spacial score (nSPS) is 10.8. The summed E-state index contributed by atoms with van der Waals surface area (Å²) >= 11 is 5.33. The van der Waals surface area contributed by atoms with Crippen LogP contribution in [0.3, 0.4) is 0 Å². The molecule has 0 radical (unpaired) electrons. The SMILES string of the molecule is Cc1nn(-c2ccccc2)c(Oc2ccccc2)c1/C=N/NC(=S)NCc1ccccc1. The summed E-state index contributed by atoms with van der Waals surface area (Å²) in [6, 6.07) is 29.5. The van der Waals surface area contributed by atoms with Crippen molar-refractivity contribution in [3.05, 3.63) is 108 Å². The van der Waals surface area contributed by atoms with Crippen LogP contribution in [0.5, 0.6) is 11.6 Å². The topological polar surface area (TPSA) is 63.5 Å². The van der Waals surface area contributed by atoms with Crippen molar-refractivity contribution in [1.29, 1.82) is 0 Å². The average molecular weight is 442 g/mol. The number of para-hydroxylation sites is 2. The molecule has 3 aromatic carbocycles. The van der Waals surface area contributed by atoms with Gasteiger partial charge in [-0.05, 0) is 49.0 Å². The molecule has 0 bridgehead atoms. The van der Waals surface area contributed by atoms with Crippen molar-refractivity contribution < 1.29 is 4.74 Å². The standard InChI is InChI=1S/C25H23N5OS/c1-19-23(18-27-28-25(32)26-17-20-11-5-2-6-12-20)24(31-22-15-9-4-10-16-22)30(29-19)21-13-7-3-8-14-21/h2-16,18H,17H2,1H3,(H2,26,28,32)/b27-18+. The lowest BCUT2D eigenvalue weighted by Gasteiger charge is -2.10. The third kappa shape index (κ3) is 5.39. The Morgan fingerprint density at radius 2 is 1.59 bits per heavy atom. The van der Waals surface area contributed by atoms with Gasteiger partial charge in [0.05, 0.1) is 23.2 Å². The minimum atomic E-state index is 0.434. The summed E-state index contributed by atoms with van der Waals surface area (Å²) in [6.45, 7) is 2.54. The maximum Gasteiger partial charge on any atom is 0.231 e. The molecule has 0 aliphatic heterocycles. The molecule has 4 aromatic rings. The zero-order valence-electron chi connectivity index (χ0n) is 17.6. The molecule has 160 valence electrons. The van der Waals surface area contributed by atoms with Gasteiger partial charge in [-0.3, -0.25) is 5.43 Å². The van der Waals surface area contributed by atoms with E-state index in [0.717, 1.165) is 22.5 Å². The molecule has 0 fully saturated rings. The molecule has 0 spiro atoms. The Balaban J connectivity index is 1.53. The zero-order valence-corrected chi connectivity index (χ0v) is 18.4. The van der Waals surface area contributed by atoms with E-state index in [4.69, 9.17) is 17.0 Å². The largest absolute Gasteiger partial charge is 0.438 e. The van der Waals surface area contributed by atoms with Crippen molar-refractivity contribution in [2.45, 2.75) is 13.5 Å². The Morgan fingerprint density at radius 1 is 0.969 bits per heavy atom. The minimum absolute atomic E-state index is 0.434. The second-order valence-corrected chi connectivity index (χ2v) is 7.41. The van der Waals surface area contributed by atoms with Gasteiger partial charge in [-0.1, -0.05) is 66.7 Å². The summed E-state index contributed by atoms with van der Waals surface area (Å²) in [5.41, 5.74) is 6.45. The van der Waals surface area contributed by atoms with Gasteiger partial charge in [-0.25, -0.2) is 0 Å². The zero-order chi connectivity index (χ0) is 22.2. The molecular formula is C25H23N5OS. The van der Waals surface area contributed by atoms with Gasteiger partial charge in [-0.2, -0.15) is 14.9 Å². The van der Waals surface area contributed by atoms with Crippen LogP contribution in [0, 0.1) is 6.92 Å². The van der Waals surface area contributed by atoms with E-state index in [1.807, 2.05) is 97.9 Å². The van der Waals surface area contributed by atoms with E-state index in [0.29, 0.717) is 23.3 Å². The van der Waals surface area contributed by atoms with Crippen LogP contribution in [-0.4, -0.2) is 21.1 Å². The summed E-state index contributed by atoms with van der Waals surface area (Å²) in [5, 5.41) is 12.6. The van der Waals surface area contributed by atoms with Gasteiger partial charge < -0.3 is 10.1 Å². The number of ether oxygens (including phenoxy) is 1. The number of hydrogen-bond donors (Lipinski definition) is 2. The van der Waals surface area contributed by atoms with E-state index in [-0.39, 0.29) is 0 Å². The summed E-state index contributed by atoms with van der Waals surface area (Å²) in [6.07, 6.45) is 1.68. The number of hydrazone groups is 1. The van der Waals surface area contributed by atoms with Crippen molar-refractivity contribution in [3.63, 3.8) is 0 Å². The minimum Gasteiger partial charge on any atom is -0.438 e. The summed E-state index contributed by atoms with van der Waals surface area (Å²) in [4.78, 5) is 0. The fourth-order valence-electron chi connectivity index (χ4n) is 3.08. The molecule has 0 saturated carbocycles. The molecule has 0 amide bonds. The van der Waals surface area contributed by atoms with E-state index in [9.17, 15) is 0 Å². The smallest absolute Gasteiger partial charge is 0.231 e. The Hall–Kier alpha value is -3.97. The number of benzene rings is 3. The van der Waals surface area contributed by atoms with Crippen LogP contribution < -0.4 is 15.5 Å². The number of aryl methyl sites for hydroxylation is 1. The van der Waals surface area contributed by atoms with E-state index >= 15 is 0 Å². The first-order valence-electron chi connectivity index (χ1n) is 10.2. The van der Waals surface area contributed by atoms with Crippen molar-refractivity contribution in [2.24, 2.45) is 5.10 Å². The number of aromatic nitrogens is 2. The van der Waals surface area contributed by atoms with Gasteiger partial charge in [0, 0.05) is 6.54 Å². The predicted molar refractivity (Wildman–Crippen MR) is 131 cm³/mol. The highest BCUT2D eigenvalue weighted by molar-refractivity contribution is 7.80. The second kappa shape index (κ2) is 10.4. The van der Waals surface area contributed by atoms with Crippen LogP contribution in [0.15, 0.2) is 96.1 Å². The van der Waals surface area contributed by atoms with Gasteiger partial charge in [0.2, 0.25) is 5.88 Å². The highest BCUT2D eigenvalue weighted by Crippen LogP contribution is 2.29. The third-order valence-corrected chi connectivity index (χ3v) is 4.91. The number of nitrogens with zero attached hydrogens (tertiary/aromatic N) is 3. The first kappa shape index (κ1) is 21.3. The van der Waals surface area contributed by atoms with Crippen LogP contribution >= 0.6 is 12.2 Å². The van der Waals surface area contributed by atoms with Crippen molar-refractivity contribution in [2.75, 3.05) is 0 Å². The quantitative estimate of drug-likeness (QED) is 0.241. The molecule has 0 aliphatic carbocycles. The Bertz CT molecular complexity index is 1190. The van der Waals surface area contributed by atoms with E-state index in [1.165, 1.54) is 0 Å². The number of rotatable bonds is 7. The molecule has 32 heavy (non-hydrogen) atoms. The lowest BCUT2D eigenvalue weighted by atomic mass is 10.2. The lowest BCUT2D eigenvalue weighted by molar-refractivity contribution is 0.444. The molecule has 2 N–H and O–H groups in total. The molecule has 1 heterocycles. The number of thiocarbonyl (C=S) groups is 1. The van der Waals surface area contributed by atoms with Gasteiger partial charge >= 0.3 is 0 Å². The molecule has 0 aliphatic rings. The van der Waals surface area contributed by atoms with Crippen molar-refractivity contribution in [3.8, 4) is 17.3 Å². The number of nitrogens with one attached hydrogen (secondary N) is 2. The maximum atomic E-state index is 6.21. The first-order valence-corrected chi connectivity index (χ1v) is 10.6. The van der Waals surface area contributed by atoms with Gasteiger partial charge in [0.1, 0.15) is 5.75 Å². The summed E-state index contributed by atoms with van der Waals surface area (Å²) in [5.74, 6) is 1.29. The van der Waals surface area contributed by atoms with Gasteiger partial charge in [-0.15, -0.1) is 0 Å². The molecule has 6 nitrogen and oxygen atoms in total.